The van der Waals surface area contributed by atoms with E-state index < -0.39 is 11.8 Å². The van der Waals surface area contributed by atoms with E-state index in [4.69, 9.17) is 4.74 Å². The van der Waals surface area contributed by atoms with E-state index in [1.54, 1.807) is 6.92 Å². The Morgan fingerprint density at radius 1 is 1.32 bits per heavy atom. The van der Waals surface area contributed by atoms with Gasteiger partial charge in [-0.1, -0.05) is 6.92 Å². The van der Waals surface area contributed by atoms with Gasteiger partial charge in [0.15, 0.2) is 0 Å². The fourth-order valence-electron chi connectivity index (χ4n) is 2.07. The number of rotatable bonds is 4. The monoisotopic (exact) mass is 270 g/mol. The molecule has 6 nitrogen and oxygen atoms in total. The Morgan fingerprint density at radius 3 is 2.68 bits per heavy atom. The third-order valence-electron chi connectivity index (χ3n) is 3.06. The first-order chi connectivity index (χ1) is 9.10. The number of hydrogen-bond donors (Lipinski definition) is 1. The molecule has 1 fully saturated rings. The molecule has 0 aliphatic carbocycles. The standard InChI is InChI=1S/C13H22N2O4/c1-3-7-14-11(16)12(17)15-8-5-6-10(9-15)13(18)19-4-2/h10H,3-9H2,1-2H3,(H,14,16). The van der Waals surface area contributed by atoms with E-state index in [9.17, 15) is 14.4 Å². The molecule has 19 heavy (non-hydrogen) atoms. The number of nitrogens with zero attached hydrogens (tertiary/aromatic N) is 1. The Morgan fingerprint density at radius 2 is 2.05 bits per heavy atom. The first-order valence-electron chi connectivity index (χ1n) is 6.83. The summed E-state index contributed by atoms with van der Waals surface area (Å²) in [5.74, 6) is -1.74. The zero-order valence-corrected chi connectivity index (χ0v) is 11.6. The van der Waals surface area contributed by atoms with Crippen molar-refractivity contribution in [1.29, 1.82) is 0 Å². The molecule has 0 aromatic heterocycles. The minimum atomic E-state index is -0.591. The summed E-state index contributed by atoms with van der Waals surface area (Å²) in [4.78, 5) is 36.6. The second kappa shape index (κ2) is 7.76. The smallest absolute Gasteiger partial charge is 0.311 e. The van der Waals surface area contributed by atoms with Crippen LogP contribution in [0.2, 0.25) is 0 Å². The molecule has 1 aliphatic heterocycles. The number of carbonyl (C=O) groups is 3. The molecule has 1 atom stereocenters. The van der Waals surface area contributed by atoms with Crippen molar-refractivity contribution in [1.82, 2.24) is 10.2 Å². The molecular formula is C13H22N2O4. The highest BCUT2D eigenvalue weighted by molar-refractivity contribution is 6.35. The van der Waals surface area contributed by atoms with Crippen molar-refractivity contribution >= 4 is 17.8 Å². The first-order valence-corrected chi connectivity index (χ1v) is 6.83. The van der Waals surface area contributed by atoms with Crippen molar-refractivity contribution in [3.63, 3.8) is 0 Å². The van der Waals surface area contributed by atoms with Gasteiger partial charge < -0.3 is 15.0 Å². The quantitative estimate of drug-likeness (QED) is 0.589. The van der Waals surface area contributed by atoms with Crippen molar-refractivity contribution in [3.05, 3.63) is 0 Å². The topological polar surface area (TPSA) is 75.7 Å². The average Bonchev–Trinajstić information content (AvgIpc) is 2.44. The highest BCUT2D eigenvalue weighted by Crippen LogP contribution is 2.18. The predicted octanol–water partition coefficient (Wildman–Crippen LogP) is 0.314. The van der Waals surface area contributed by atoms with Gasteiger partial charge >= 0.3 is 17.8 Å². The molecule has 1 unspecified atom stereocenters. The average molecular weight is 270 g/mol. The van der Waals surface area contributed by atoms with Gasteiger partial charge in [-0.05, 0) is 26.2 Å². The van der Waals surface area contributed by atoms with E-state index in [1.165, 1.54) is 4.90 Å². The van der Waals surface area contributed by atoms with E-state index in [-0.39, 0.29) is 18.4 Å². The summed E-state index contributed by atoms with van der Waals surface area (Å²) < 4.78 is 4.96. The maximum atomic E-state index is 11.9. The lowest BCUT2D eigenvalue weighted by Gasteiger charge is -2.30. The number of nitrogens with one attached hydrogen (secondary N) is 1. The first kappa shape index (κ1) is 15.5. The van der Waals surface area contributed by atoms with Crippen molar-refractivity contribution in [2.45, 2.75) is 33.1 Å². The van der Waals surface area contributed by atoms with Crippen molar-refractivity contribution in [2.24, 2.45) is 5.92 Å². The molecule has 0 saturated carbocycles. The van der Waals surface area contributed by atoms with E-state index in [1.807, 2.05) is 6.92 Å². The van der Waals surface area contributed by atoms with Crippen molar-refractivity contribution in [2.75, 3.05) is 26.2 Å². The molecule has 1 N–H and O–H groups in total. The number of likely N-dealkylation sites (tertiary alicyclic amines) is 1. The highest BCUT2D eigenvalue weighted by Gasteiger charge is 2.31. The molecule has 0 aromatic rings. The summed E-state index contributed by atoms with van der Waals surface area (Å²) in [6.07, 6.45) is 2.21. The SMILES string of the molecule is CCCNC(=O)C(=O)N1CCCC(C(=O)OCC)C1. The number of ether oxygens (including phenoxy) is 1. The number of piperidine rings is 1. The van der Waals surface area contributed by atoms with Crippen LogP contribution in [0.5, 0.6) is 0 Å². The van der Waals surface area contributed by atoms with Gasteiger partial charge in [0.2, 0.25) is 0 Å². The number of amides is 2. The fraction of sp³-hybridized carbons (Fsp3) is 0.769. The van der Waals surface area contributed by atoms with Crippen LogP contribution < -0.4 is 5.32 Å². The summed E-state index contributed by atoms with van der Waals surface area (Å²) in [5, 5.41) is 2.55. The molecule has 2 amide bonds. The number of esters is 1. The van der Waals surface area contributed by atoms with Gasteiger partial charge in [0.05, 0.1) is 12.5 Å². The highest BCUT2D eigenvalue weighted by atomic mass is 16.5. The summed E-state index contributed by atoms with van der Waals surface area (Å²) in [7, 11) is 0. The molecule has 1 aliphatic rings. The molecule has 0 radical (unpaired) electrons. The molecule has 0 spiro atoms. The van der Waals surface area contributed by atoms with Gasteiger partial charge in [-0.3, -0.25) is 14.4 Å². The van der Waals surface area contributed by atoms with Crippen LogP contribution in [0.4, 0.5) is 0 Å². The number of carbonyl (C=O) groups excluding carboxylic acids is 3. The lowest BCUT2D eigenvalue weighted by Crippen LogP contribution is -2.48. The van der Waals surface area contributed by atoms with Crippen LogP contribution in [0.25, 0.3) is 0 Å². The van der Waals surface area contributed by atoms with Gasteiger partial charge in [-0.2, -0.15) is 0 Å². The number of hydrogen-bond acceptors (Lipinski definition) is 4. The molecule has 0 aromatic carbocycles. The van der Waals surface area contributed by atoms with Crippen LogP contribution in [0.15, 0.2) is 0 Å². The molecule has 0 bridgehead atoms. The van der Waals surface area contributed by atoms with Crippen LogP contribution in [-0.2, 0) is 19.1 Å². The Hall–Kier alpha value is -1.59. The third-order valence-corrected chi connectivity index (χ3v) is 3.06. The second-order valence-electron chi connectivity index (χ2n) is 4.60. The van der Waals surface area contributed by atoms with Gasteiger partial charge in [0.25, 0.3) is 0 Å². The molecule has 108 valence electrons. The Labute approximate surface area is 113 Å². The van der Waals surface area contributed by atoms with Crippen molar-refractivity contribution < 1.29 is 19.1 Å². The maximum Gasteiger partial charge on any atom is 0.311 e. The lowest BCUT2D eigenvalue weighted by molar-refractivity contribution is -0.154. The lowest BCUT2D eigenvalue weighted by atomic mass is 9.98. The summed E-state index contributed by atoms with van der Waals surface area (Å²) in [6, 6.07) is 0. The van der Waals surface area contributed by atoms with Crippen molar-refractivity contribution in [3.8, 4) is 0 Å². The largest absolute Gasteiger partial charge is 0.466 e. The zero-order chi connectivity index (χ0) is 14.3. The molecule has 6 heteroatoms. The Bertz CT molecular complexity index is 344. The van der Waals surface area contributed by atoms with E-state index >= 15 is 0 Å². The van der Waals surface area contributed by atoms with Gasteiger partial charge in [0, 0.05) is 19.6 Å². The Balaban J connectivity index is 2.51. The van der Waals surface area contributed by atoms with Crippen LogP contribution in [0.3, 0.4) is 0 Å². The predicted molar refractivity (Wildman–Crippen MR) is 69.2 cm³/mol. The zero-order valence-electron chi connectivity index (χ0n) is 11.6. The molecule has 1 rings (SSSR count). The second-order valence-corrected chi connectivity index (χ2v) is 4.60. The van der Waals surface area contributed by atoms with Gasteiger partial charge in [-0.15, -0.1) is 0 Å². The third kappa shape index (κ3) is 4.54. The maximum absolute atomic E-state index is 11.9. The normalized spacial score (nSPS) is 18.8. The summed E-state index contributed by atoms with van der Waals surface area (Å²) >= 11 is 0. The minimum Gasteiger partial charge on any atom is -0.466 e. The van der Waals surface area contributed by atoms with Crippen LogP contribution in [-0.4, -0.2) is 48.9 Å². The summed E-state index contributed by atoms with van der Waals surface area (Å²) in [6.45, 7) is 5.29. The Kier molecular flexibility index (Phi) is 6.32. The molecular weight excluding hydrogens is 248 g/mol. The fourth-order valence-corrected chi connectivity index (χ4v) is 2.07. The van der Waals surface area contributed by atoms with Gasteiger partial charge in [-0.25, -0.2) is 0 Å². The van der Waals surface area contributed by atoms with E-state index in [0.29, 0.717) is 26.1 Å². The van der Waals surface area contributed by atoms with E-state index in [2.05, 4.69) is 5.32 Å². The van der Waals surface area contributed by atoms with Crippen LogP contribution >= 0.6 is 0 Å². The van der Waals surface area contributed by atoms with E-state index in [0.717, 1.165) is 12.8 Å². The van der Waals surface area contributed by atoms with Crippen LogP contribution in [0.1, 0.15) is 33.1 Å². The van der Waals surface area contributed by atoms with Crippen LogP contribution in [0, 0.1) is 5.92 Å². The molecule has 1 saturated heterocycles. The summed E-state index contributed by atoms with van der Waals surface area (Å²) in [5.41, 5.74) is 0. The van der Waals surface area contributed by atoms with Gasteiger partial charge in [0.1, 0.15) is 0 Å². The minimum absolute atomic E-state index is 0.275. The molecule has 1 heterocycles.